The van der Waals surface area contributed by atoms with Crippen molar-refractivity contribution >= 4 is 15.9 Å². The fourth-order valence-electron chi connectivity index (χ4n) is 2.61. The first-order valence-corrected chi connectivity index (χ1v) is 8.46. The van der Waals surface area contributed by atoms with Gasteiger partial charge in [-0.25, -0.2) is 12.8 Å². The number of rotatable bonds is 5. The van der Waals surface area contributed by atoms with Crippen molar-refractivity contribution in [2.24, 2.45) is 0 Å². The van der Waals surface area contributed by atoms with Crippen LogP contribution in [0.2, 0.25) is 0 Å². The molecule has 0 aliphatic heterocycles. The van der Waals surface area contributed by atoms with Gasteiger partial charge in [0.05, 0.1) is 4.90 Å². The number of amides is 1. The van der Waals surface area contributed by atoms with Crippen molar-refractivity contribution in [2.45, 2.75) is 43.0 Å². The Hall–Kier alpha value is -1.47. The van der Waals surface area contributed by atoms with Crippen molar-refractivity contribution in [1.29, 1.82) is 0 Å². The first-order chi connectivity index (χ1) is 9.89. The first-order valence-electron chi connectivity index (χ1n) is 6.97. The molecule has 116 valence electrons. The molecule has 0 radical (unpaired) electrons. The van der Waals surface area contributed by atoms with Crippen molar-refractivity contribution < 1.29 is 17.6 Å². The smallest absolute Gasteiger partial charge is 0.241 e. The third-order valence-corrected chi connectivity index (χ3v) is 5.23. The lowest BCUT2D eigenvalue weighted by Gasteiger charge is -2.28. The van der Waals surface area contributed by atoms with E-state index in [9.17, 15) is 17.6 Å². The molecule has 2 rings (SSSR count). The number of hydrogen-bond acceptors (Lipinski definition) is 3. The van der Waals surface area contributed by atoms with E-state index in [1.54, 1.807) is 6.92 Å². The highest BCUT2D eigenvalue weighted by molar-refractivity contribution is 7.89. The largest absolute Gasteiger partial charge is 0.355 e. The molecule has 21 heavy (non-hydrogen) atoms. The van der Waals surface area contributed by atoms with E-state index >= 15 is 0 Å². The maximum absolute atomic E-state index is 12.9. The Balaban J connectivity index is 2.28. The second-order valence-corrected chi connectivity index (χ2v) is 6.89. The molecule has 1 aliphatic rings. The molecule has 0 heterocycles. The van der Waals surface area contributed by atoms with Gasteiger partial charge in [-0.05, 0) is 44.0 Å². The van der Waals surface area contributed by atoms with Gasteiger partial charge < -0.3 is 5.32 Å². The van der Waals surface area contributed by atoms with Crippen molar-refractivity contribution in [3.05, 3.63) is 30.1 Å². The summed E-state index contributed by atoms with van der Waals surface area (Å²) >= 11 is 0. The normalized spacial score (nSPS) is 17.6. The standard InChI is InChI=1S/C14H19FN2O3S/c1-2-16-13(18)14(9-3-4-10-14)17-21(19,20)12-7-5-11(15)6-8-12/h5-8,17H,2-4,9-10H2,1H3,(H,16,18). The van der Waals surface area contributed by atoms with E-state index in [4.69, 9.17) is 0 Å². The minimum Gasteiger partial charge on any atom is -0.355 e. The second kappa shape index (κ2) is 6.11. The lowest BCUT2D eigenvalue weighted by Crippen LogP contribution is -2.56. The number of carbonyl (C=O) groups is 1. The number of hydrogen-bond donors (Lipinski definition) is 2. The molecular weight excluding hydrogens is 295 g/mol. The summed E-state index contributed by atoms with van der Waals surface area (Å²) in [6, 6.07) is 4.56. The van der Waals surface area contributed by atoms with Crippen molar-refractivity contribution in [2.75, 3.05) is 6.54 Å². The molecule has 0 spiro atoms. The summed E-state index contributed by atoms with van der Waals surface area (Å²) in [5.41, 5.74) is -1.09. The Morgan fingerprint density at radius 1 is 1.24 bits per heavy atom. The Bertz CT molecular complexity index is 608. The monoisotopic (exact) mass is 314 g/mol. The topological polar surface area (TPSA) is 75.3 Å². The van der Waals surface area contributed by atoms with E-state index in [1.807, 2.05) is 0 Å². The lowest BCUT2D eigenvalue weighted by molar-refractivity contribution is -0.126. The van der Waals surface area contributed by atoms with Crippen LogP contribution in [-0.2, 0) is 14.8 Å². The number of sulfonamides is 1. The van der Waals surface area contributed by atoms with Crippen LogP contribution < -0.4 is 10.0 Å². The summed E-state index contributed by atoms with van der Waals surface area (Å²) in [5.74, 6) is -0.804. The predicted octanol–water partition coefficient (Wildman–Crippen LogP) is 1.55. The average Bonchev–Trinajstić information content (AvgIpc) is 2.88. The van der Waals surface area contributed by atoms with Crippen LogP contribution >= 0.6 is 0 Å². The molecule has 7 heteroatoms. The molecule has 1 aromatic rings. The van der Waals surface area contributed by atoms with Gasteiger partial charge in [0.25, 0.3) is 0 Å². The number of nitrogens with one attached hydrogen (secondary N) is 2. The zero-order valence-electron chi connectivity index (χ0n) is 11.9. The molecule has 0 atom stereocenters. The third kappa shape index (κ3) is 3.41. The van der Waals surface area contributed by atoms with Crippen LogP contribution in [0.25, 0.3) is 0 Å². The molecule has 0 saturated heterocycles. The molecule has 5 nitrogen and oxygen atoms in total. The Morgan fingerprint density at radius 2 is 1.81 bits per heavy atom. The number of benzene rings is 1. The van der Waals surface area contributed by atoms with Crippen molar-refractivity contribution in [3.63, 3.8) is 0 Å². The fourth-order valence-corrected chi connectivity index (χ4v) is 4.04. The van der Waals surface area contributed by atoms with Gasteiger partial charge in [0.15, 0.2) is 0 Å². The Kier molecular flexibility index (Phi) is 4.63. The van der Waals surface area contributed by atoms with Gasteiger partial charge in [0.1, 0.15) is 11.4 Å². The highest BCUT2D eigenvalue weighted by Gasteiger charge is 2.44. The number of halogens is 1. The lowest BCUT2D eigenvalue weighted by atomic mass is 9.98. The molecule has 1 amide bonds. The van der Waals surface area contributed by atoms with Gasteiger partial charge in [-0.2, -0.15) is 4.72 Å². The van der Waals surface area contributed by atoms with E-state index in [2.05, 4.69) is 10.0 Å². The minimum absolute atomic E-state index is 0.0422. The maximum Gasteiger partial charge on any atom is 0.241 e. The van der Waals surface area contributed by atoms with Crippen LogP contribution in [0.15, 0.2) is 29.2 Å². The van der Waals surface area contributed by atoms with Crippen LogP contribution in [0.5, 0.6) is 0 Å². The third-order valence-electron chi connectivity index (χ3n) is 3.68. The number of carbonyl (C=O) groups excluding carboxylic acids is 1. The van der Waals surface area contributed by atoms with Gasteiger partial charge in [0.2, 0.25) is 15.9 Å². The predicted molar refractivity (Wildman–Crippen MR) is 76.6 cm³/mol. The zero-order chi connectivity index (χ0) is 15.5. The number of likely N-dealkylation sites (N-methyl/N-ethyl adjacent to an activating group) is 1. The molecule has 1 aromatic carbocycles. The fraction of sp³-hybridized carbons (Fsp3) is 0.500. The summed E-state index contributed by atoms with van der Waals surface area (Å²) in [5, 5.41) is 2.69. The van der Waals surface area contributed by atoms with E-state index in [0.29, 0.717) is 19.4 Å². The molecule has 2 N–H and O–H groups in total. The summed E-state index contributed by atoms with van der Waals surface area (Å²) in [6.45, 7) is 2.23. The summed E-state index contributed by atoms with van der Waals surface area (Å²) in [4.78, 5) is 12.2. The first kappa shape index (κ1) is 15.9. The molecule has 0 unspecified atom stereocenters. The van der Waals surface area contributed by atoms with Crippen LogP contribution in [0.4, 0.5) is 4.39 Å². The molecule has 1 saturated carbocycles. The second-order valence-electron chi connectivity index (χ2n) is 5.21. The maximum atomic E-state index is 12.9. The van der Waals surface area contributed by atoms with Gasteiger partial charge in [-0.15, -0.1) is 0 Å². The molecule has 0 bridgehead atoms. The van der Waals surface area contributed by atoms with Crippen molar-refractivity contribution in [1.82, 2.24) is 10.0 Å². The van der Waals surface area contributed by atoms with Crippen LogP contribution in [0.3, 0.4) is 0 Å². The van der Waals surface area contributed by atoms with E-state index < -0.39 is 21.4 Å². The highest BCUT2D eigenvalue weighted by atomic mass is 32.2. The highest BCUT2D eigenvalue weighted by Crippen LogP contribution is 2.31. The van der Waals surface area contributed by atoms with Crippen LogP contribution in [0, 0.1) is 5.82 Å². The summed E-state index contributed by atoms with van der Waals surface area (Å²) < 4.78 is 40.2. The molecule has 1 fully saturated rings. The quantitative estimate of drug-likeness (QED) is 0.866. The average molecular weight is 314 g/mol. The van der Waals surface area contributed by atoms with Gasteiger partial charge in [-0.3, -0.25) is 4.79 Å². The van der Waals surface area contributed by atoms with E-state index in [1.165, 1.54) is 12.1 Å². The van der Waals surface area contributed by atoms with Gasteiger partial charge >= 0.3 is 0 Å². The summed E-state index contributed by atoms with van der Waals surface area (Å²) in [7, 11) is -3.86. The van der Waals surface area contributed by atoms with E-state index in [0.717, 1.165) is 25.0 Å². The molecule has 1 aliphatic carbocycles. The van der Waals surface area contributed by atoms with Gasteiger partial charge in [-0.1, -0.05) is 12.8 Å². The Labute approximate surface area is 124 Å². The SMILES string of the molecule is CCNC(=O)C1(NS(=O)(=O)c2ccc(F)cc2)CCCC1. The molecular formula is C14H19FN2O3S. The zero-order valence-corrected chi connectivity index (χ0v) is 12.7. The van der Waals surface area contributed by atoms with Crippen LogP contribution in [0.1, 0.15) is 32.6 Å². The minimum atomic E-state index is -3.86. The van der Waals surface area contributed by atoms with Crippen molar-refractivity contribution in [3.8, 4) is 0 Å². The van der Waals surface area contributed by atoms with Crippen LogP contribution in [-0.4, -0.2) is 26.4 Å². The Morgan fingerprint density at radius 3 is 2.33 bits per heavy atom. The molecule has 0 aromatic heterocycles. The van der Waals surface area contributed by atoms with E-state index in [-0.39, 0.29) is 10.8 Å². The summed E-state index contributed by atoms with van der Waals surface area (Å²) in [6.07, 6.45) is 2.53. The van der Waals surface area contributed by atoms with Gasteiger partial charge in [0, 0.05) is 6.54 Å².